The molecule has 1 aromatic carbocycles. The summed E-state index contributed by atoms with van der Waals surface area (Å²) in [5.74, 6) is -0.305. The predicted octanol–water partition coefficient (Wildman–Crippen LogP) is 5.28. The lowest BCUT2D eigenvalue weighted by Gasteiger charge is -2.12. The second-order valence-electron chi connectivity index (χ2n) is 7.86. The van der Waals surface area contributed by atoms with E-state index in [1.165, 1.54) is 42.8 Å². The van der Waals surface area contributed by atoms with Crippen molar-refractivity contribution in [2.45, 2.75) is 31.3 Å². The van der Waals surface area contributed by atoms with Gasteiger partial charge in [-0.3, -0.25) is 4.72 Å². The van der Waals surface area contributed by atoms with Crippen molar-refractivity contribution in [3.05, 3.63) is 65.8 Å². The first-order valence-electron chi connectivity index (χ1n) is 9.42. The molecule has 0 aliphatic carbocycles. The fourth-order valence-electron chi connectivity index (χ4n) is 2.86. The summed E-state index contributed by atoms with van der Waals surface area (Å²) in [6.07, 6.45) is 2.65. The zero-order valence-corrected chi connectivity index (χ0v) is 18.8. The van der Waals surface area contributed by atoms with E-state index in [-0.39, 0.29) is 33.1 Å². The first-order chi connectivity index (χ1) is 15.1. The highest BCUT2D eigenvalue weighted by molar-refractivity contribution is 7.92. The largest absolute Gasteiger partial charge is 0.451 e. The molecule has 8 nitrogen and oxygen atoms in total. The Morgan fingerprint density at radius 1 is 1.09 bits per heavy atom. The number of nitrogens with zero attached hydrogens (tertiary/aromatic N) is 3. The number of furan rings is 1. The van der Waals surface area contributed by atoms with E-state index in [1.807, 2.05) is 20.8 Å². The molecular formula is C21H18ClFN4O4S. The molecule has 0 atom stereocenters. The average Bonchev–Trinajstić information content (AvgIpc) is 3.40. The number of nitrogens with one attached hydrogen (secondary N) is 1. The molecule has 0 unspecified atom stereocenters. The Bertz CT molecular complexity index is 1380. The zero-order valence-electron chi connectivity index (χ0n) is 17.3. The van der Waals surface area contributed by atoms with E-state index in [0.29, 0.717) is 11.6 Å². The quantitative estimate of drug-likeness (QED) is 0.390. The van der Waals surface area contributed by atoms with Crippen molar-refractivity contribution in [2.75, 3.05) is 4.72 Å². The van der Waals surface area contributed by atoms with Gasteiger partial charge in [-0.05, 0) is 41.9 Å². The van der Waals surface area contributed by atoms with Crippen molar-refractivity contribution < 1.29 is 21.6 Å². The Balaban J connectivity index is 1.85. The molecule has 0 amide bonds. The minimum atomic E-state index is -4.12. The van der Waals surface area contributed by atoms with Crippen molar-refractivity contribution in [1.82, 2.24) is 15.0 Å². The molecule has 0 bridgehead atoms. The van der Waals surface area contributed by atoms with E-state index in [1.54, 1.807) is 6.07 Å². The number of benzene rings is 1. The summed E-state index contributed by atoms with van der Waals surface area (Å²) in [5.41, 5.74) is -0.275. The minimum absolute atomic E-state index is 0.0115. The zero-order chi connectivity index (χ0) is 23.1. The summed E-state index contributed by atoms with van der Waals surface area (Å²) in [7, 11) is -4.12. The van der Waals surface area contributed by atoms with Gasteiger partial charge < -0.3 is 8.83 Å². The van der Waals surface area contributed by atoms with Crippen LogP contribution in [0.5, 0.6) is 0 Å². The molecule has 3 aromatic heterocycles. The van der Waals surface area contributed by atoms with E-state index < -0.39 is 21.3 Å². The minimum Gasteiger partial charge on any atom is -0.451 e. The first-order valence-corrected chi connectivity index (χ1v) is 11.3. The third-order valence-corrected chi connectivity index (χ3v) is 5.82. The Kier molecular flexibility index (Phi) is 5.51. The molecular weight excluding hydrogens is 459 g/mol. The van der Waals surface area contributed by atoms with Gasteiger partial charge in [0, 0.05) is 17.2 Å². The Morgan fingerprint density at radius 3 is 2.53 bits per heavy atom. The van der Waals surface area contributed by atoms with Crippen LogP contribution < -0.4 is 4.72 Å². The molecule has 32 heavy (non-hydrogen) atoms. The summed E-state index contributed by atoms with van der Waals surface area (Å²) >= 11 is 5.92. The van der Waals surface area contributed by atoms with Crippen LogP contribution in [0.25, 0.3) is 22.7 Å². The standard InChI is InChI=1S/C21H18ClFN4O4S/c1-21(2,3)19-26-17(18(31-19)14-9-10-24-20(22)25-14)12-6-4-7-13(16(12)23)27-32(28,29)15-8-5-11-30-15/h4-11,27H,1-3H3. The summed E-state index contributed by atoms with van der Waals surface area (Å²) in [5, 5.41) is -0.349. The van der Waals surface area contributed by atoms with E-state index in [9.17, 15) is 8.42 Å². The smallest absolute Gasteiger partial charge is 0.295 e. The van der Waals surface area contributed by atoms with Gasteiger partial charge in [0.25, 0.3) is 10.0 Å². The molecule has 0 saturated carbocycles. The van der Waals surface area contributed by atoms with Crippen LogP contribution in [0.3, 0.4) is 0 Å². The molecule has 0 aliphatic heterocycles. The normalized spacial score (nSPS) is 12.2. The van der Waals surface area contributed by atoms with E-state index in [4.69, 9.17) is 20.4 Å². The molecule has 0 aliphatic rings. The first kappa shape index (κ1) is 22.0. The highest BCUT2D eigenvalue weighted by Gasteiger charge is 2.28. The van der Waals surface area contributed by atoms with Crippen molar-refractivity contribution in [3.8, 4) is 22.7 Å². The Labute approximate surface area is 188 Å². The maximum Gasteiger partial charge on any atom is 0.295 e. The molecule has 0 saturated heterocycles. The maximum absolute atomic E-state index is 15.5. The highest BCUT2D eigenvalue weighted by atomic mass is 35.5. The molecule has 3 heterocycles. The number of oxazole rings is 1. The monoisotopic (exact) mass is 476 g/mol. The van der Waals surface area contributed by atoms with Crippen LogP contribution in [-0.2, 0) is 15.4 Å². The molecule has 4 aromatic rings. The topological polar surface area (TPSA) is 111 Å². The third kappa shape index (κ3) is 4.23. The molecule has 166 valence electrons. The maximum atomic E-state index is 15.5. The second-order valence-corrected chi connectivity index (χ2v) is 9.81. The fourth-order valence-corrected chi connectivity index (χ4v) is 4.00. The average molecular weight is 477 g/mol. The third-order valence-electron chi connectivity index (χ3n) is 4.39. The lowest BCUT2D eigenvalue weighted by molar-refractivity contribution is 0.398. The number of anilines is 1. The van der Waals surface area contributed by atoms with Gasteiger partial charge >= 0.3 is 0 Å². The van der Waals surface area contributed by atoms with Gasteiger partial charge in [-0.15, -0.1) is 0 Å². The van der Waals surface area contributed by atoms with E-state index in [2.05, 4.69) is 19.7 Å². The van der Waals surface area contributed by atoms with Gasteiger partial charge in [-0.1, -0.05) is 26.8 Å². The SMILES string of the molecule is CC(C)(C)c1nc(-c2cccc(NS(=O)(=O)c3ccco3)c2F)c(-c2ccnc(Cl)n2)o1. The number of hydrogen-bond acceptors (Lipinski definition) is 7. The number of hydrogen-bond donors (Lipinski definition) is 1. The number of rotatable bonds is 5. The van der Waals surface area contributed by atoms with Crippen LogP contribution in [0.1, 0.15) is 26.7 Å². The van der Waals surface area contributed by atoms with Gasteiger partial charge in [-0.25, -0.2) is 19.3 Å². The molecule has 11 heteroatoms. The van der Waals surface area contributed by atoms with Crippen molar-refractivity contribution in [1.29, 1.82) is 0 Å². The van der Waals surface area contributed by atoms with Crippen LogP contribution in [0.4, 0.5) is 10.1 Å². The van der Waals surface area contributed by atoms with Crippen LogP contribution in [0.2, 0.25) is 5.28 Å². The number of halogens is 2. The van der Waals surface area contributed by atoms with E-state index in [0.717, 1.165) is 0 Å². The Hall–Kier alpha value is -3.24. The molecule has 4 rings (SSSR count). The van der Waals surface area contributed by atoms with Crippen LogP contribution >= 0.6 is 11.6 Å². The van der Waals surface area contributed by atoms with Crippen LogP contribution in [0.15, 0.2) is 62.8 Å². The van der Waals surface area contributed by atoms with Gasteiger partial charge in [-0.2, -0.15) is 8.42 Å². The van der Waals surface area contributed by atoms with Crippen LogP contribution in [-0.4, -0.2) is 23.4 Å². The van der Waals surface area contributed by atoms with Crippen molar-refractivity contribution in [2.24, 2.45) is 0 Å². The lowest BCUT2D eigenvalue weighted by Crippen LogP contribution is -2.13. The molecule has 1 N–H and O–H groups in total. The molecule has 0 spiro atoms. The second kappa shape index (κ2) is 8.03. The summed E-state index contributed by atoms with van der Waals surface area (Å²) < 4.78 is 53.6. The van der Waals surface area contributed by atoms with E-state index >= 15 is 4.39 Å². The van der Waals surface area contributed by atoms with Gasteiger partial charge in [0.05, 0.1) is 12.0 Å². The molecule has 0 fully saturated rings. The highest BCUT2D eigenvalue weighted by Crippen LogP contribution is 2.38. The van der Waals surface area contributed by atoms with Gasteiger partial charge in [0.2, 0.25) is 16.3 Å². The summed E-state index contributed by atoms with van der Waals surface area (Å²) in [4.78, 5) is 12.5. The Morgan fingerprint density at radius 2 is 1.88 bits per heavy atom. The summed E-state index contributed by atoms with van der Waals surface area (Å²) in [6, 6.07) is 8.50. The lowest BCUT2D eigenvalue weighted by atomic mass is 9.97. The summed E-state index contributed by atoms with van der Waals surface area (Å²) in [6.45, 7) is 5.68. The van der Waals surface area contributed by atoms with Gasteiger partial charge in [0.1, 0.15) is 11.4 Å². The van der Waals surface area contributed by atoms with Crippen molar-refractivity contribution in [3.63, 3.8) is 0 Å². The van der Waals surface area contributed by atoms with Crippen LogP contribution in [0, 0.1) is 5.82 Å². The number of aromatic nitrogens is 3. The van der Waals surface area contributed by atoms with Crippen molar-refractivity contribution >= 4 is 27.3 Å². The molecule has 0 radical (unpaired) electrons. The number of sulfonamides is 1. The fraction of sp³-hybridized carbons (Fsp3) is 0.190. The van der Waals surface area contributed by atoms with Gasteiger partial charge in [0.15, 0.2) is 11.6 Å². The predicted molar refractivity (Wildman–Crippen MR) is 116 cm³/mol.